The number of hydrogen-bond donors (Lipinski definition) is 2. The van der Waals surface area contributed by atoms with Gasteiger partial charge < -0.3 is 10.1 Å². The molecule has 94 valence electrons. The molecule has 0 atom stereocenters. The molecule has 0 saturated heterocycles. The van der Waals surface area contributed by atoms with E-state index in [1.807, 2.05) is 0 Å². The van der Waals surface area contributed by atoms with Gasteiger partial charge in [0.1, 0.15) is 10.6 Å². The molecule has 1 amide bonds. The summed E-state index contributed by atoms with van der Waals surface area (Å²) < 4.78 is 27.4. The van der Waals surface area contributed by atoms with Crippen LogP contribution in [0.2, 0.25) is 5.02 Å². The van der Waals surface area contributed by atoms with Crippen molar-refractivity contribution in [1.82, 2.24) is 0 Å². The smallest absolute Gasteiger partial charge is 0.241 e. The quantitative estimate of drug-likeness (QED) is 0.860. The van der Waals surface area contributed by atoms with Crippen molar-refractivity contribution in [2.45, 2.75) is 11.8 Å². The van der Waals surface area contributed by atoms with Gasteiger partial charge in [-0.3, -0.25) is 4.79 Å². The number of ether oxygens (including phenoxy) is 1. The molecule has 0 fully saturated rings. The maximum absolute atomic E-state index is 11.3. The van der Waals surface area contributed by atoms with Crippen LogP contribution in [0.15, 0.2) is 17.0 Å². The zero-order valence-corrected chi connectivity index (χ0v) is 10.7. The van der Waals surface area contributed by atoms with Crippen LogP contribution in [-0.4, -0.2) is 21.4 Å². The Morgan fingerprint density at radius 2 is 2.06 bits per heavy atom. The van der Waals surface area contributed by atoms with Gasteiger partial charge in [0.15, 0.2) is 0 Å². The average molecular weight is 279 g/mol. The summed E-state index contributed by atoms with van der Waals surface area (Å²) in [5.74, 6) is -0.321. The number of nitrogens with one attached hydrogen (secondary N) is 1. The number of halogens is 1. The summed E-state index contributed by atoms with van der Waals surface area (Å²) in [6, 6.07) is 2.42. The highest BCUT2D eigenvalue weighted by atomic mass is 35.5. The lowest BCUT2D eigenvalue weighted by Gasteiger charge is -2.11. The van der Waals surface area contributed by atoms with E-state index in [4.69, 9.17) is 21.5 Å². The maximum Gasteiger partial charge on any atom is 0.241 e. The summed E-state index contributed by atoms with van der Waals surface area (Å²) in [5.41, 5.74) is 0.253. The molecule has 0 unspecified atom stereocenters. The van der Waals surface area contributed by atoms with Crippen molar-refractivity contribution >= 4 is 33.2 Å². The first kappa shape index (κ1) is 13.8. The lowest BCUT2D eigenvalue weighted by Crippen LogP contribution is -2.14. The van der Waals surface area contributed by atoms with E-state index in [0.29, 0.717) is 0 Å². The zero-order valence-electron chi connectivity index (χ0n) is 9.15. The summed E-state index contributed by atoms with van der Waals surface area (Å²) in [5, 5.41) is 7.50. The molecule has 0 aliphatic carbocycles. The predicted octanol–water partition coefficient (Wildman–Crippen LogP) is 0.954. The molecule has 0 saturated carbocycles. The van der Waals surface area contributed by atoms with Crippen LogP contribution in [0.3, 0.4) is 0 Å². The Balaban J connectivity index is 3.40. The number of nitrogens with two attached hydrogens (primary N) is 1. The van der Waals surface area contributed by atoms with Crippen LogP contribution in [-0.2, 0) is 14.8 Å². The minimum absolute atomic E-state index is 0.0145. The van der Waals surface area contributed by atoms with Gasteiger partial charge in [-0.15, -0.1) is 0 Å². The number of carbonyl (C=O) groups excluding carboxylic acids is 1. The lowest BCUT2D eigenvalue weighted by molar-refractivity contribution is -0.114. The Morgan fingerprint density at radius 3 is 2.47 bits per heavy atom. The van der Waals surface area contributed by atoms with Crippen molar-refractivity contribution in [2.75, 3.05) is 12.4 Å². The van der Waals surface area contributed by atoms with E-state index >= 15 is 0 Å². The van der Waals surface area contributed by atoms with Gasteiger partial charge in [-0.05, 0) is 6.07 Å². The van der Waals surface area contributed by atoms with E-state index in [1.54, 1.807) is 0 Å². The Kier molecular flexibility index (Phi) is 3.97. The molecule has 0 bridgehead atoms. The first-order chi connectivity index (χ1) is 7.75. The molecular formula is C9H11ClN2O4S. The predicted molar refractivity (Wildman–Crippen MR) is 63.7 cm³/mol. The maximum atomic E-state index is 11.3. The normalized spacial score (nSPS) is 11.1. The van der Waals surface area contributed by atoms with E-state index in [1.165, 1.54) is 20.1 Å². The number of amides is 1. The summed E-state index contributed by atoms with van der Waals surface area (Å²) in [6.07, 6.45) is 0. The number of methoxy groups -OCH3 is 1. The summed E-state index contributed by atoms with van der Waals surface area (Å²) in [7, 11) is -2.65. The molecule has 0 aliphatic heterocycles. The topological polar surface area (TPSA) is 98.5 Å². The molecule has 1 aromatic carbocycles. The fourth-order valence-corrected chi connectivity index (χ4v) is 2.18. The van der Waals surface area contributed by atoms with Gasteiger partial charge in [0.25, 0.3) is 0 Å². The van der Waals surface area contributed by atoms with Crippen molar-refractivity contribution in [3.63, 3.8) is 0 Å². The van der Waals surface area contributed by atoms with Crippen LogP contribution in [0.1, 0.15) is 6.92 Å². The standard InChI is InChI=1S/C9H11ClN2O4S/c1-5(13)12-7-4-8(16-2)9(3-6(7)10)17(11,14)15/h3-4H,1-2H3,(H,12,13)(H2,11,14,15). The number of carbonyl (C=O) groups is 1. The average Bonchev–Trinajstić information content (AvgIpc) is 2.18. The van der Waals surface area contributed by atoms with Crippen LogP contribution in [0.25, 0.3) is 0 Å². The van der Waals surface area contributed by atoms with Crippen molar-refractivity contribution in [2.24, 2.45) is 5.14 Å². The lowest BCUT2D eigenvalue weighted by atomic mass is 10.3. The molecule has 0 aliphatic rings. The zero-order chi connectivity index (χ0) is 13.2. The molecule has 17 heavy (non-hydrogen) atoms. The largest absolute Gasteiger partial charge is 0.495 e. The van der Waals surface area contributed by atoms with Crippen LogP contribution in [0.5, 0.6) is 5.75 Å². The summed E-state index contributed by atoms with van der Waals surface area (Å²) in [4.78, 5) is 10.7. The molecular weight excluding hydrogens is 268 g/mol. The Hall–Kier alpha value is -1.31. The van der Waals surface area contributed by atoms with Crippen molar-refractivity contribution in [3.8, 4) is 5.75 Å². The van der Waals surface area contributed by atoms with Crippen LogP contribution < -0.4 is 15.2 Å². The third-order valence-corrected chi connectivity index (χ3v) is 3.12. The monoisotopic (exact) mass is 278 g/mol. The van der Waals surface area contributed by atoms with E-state index < -0.39 is 10.0 Å². The van der Waals surface area contributed by atoms with Gasteiger partial charge >= 0.3 is 0 Å². The van der Waals surface area contributed by atoms with Crippen molar-refractivity contribution < 1.29 is 17.9 Å². The summed E-state index contributed by atoms with van der Waals surface area (Å²) >= 11 is 5.82. The summed E-state index contributed by atoms with van der Waals surface area (Å²) in [6.45, 7) is 1.30. The molecule has 0 radical (unpaired) electrons. The van der Waals surface area contributed by atoms with E-state index in [0.717, 1.165) is 6.07 Å². The van der Waals surface area contributed by atoms with Gasteiger partial charge in [-0.1, -0.05) is 11.6 Å². The first-order valence-electron chi connectivity index (χ1n) is 4.43. The van der Waals surface area contributed by atoms with Gasteiger partial charge in [0, 0.05) is 13.0 Å². The second kappa shape index (κ2) is 4.91. The van der Waals surface area contributed by atoms with Crippen LogP contribution in [0.4, 0.5) is 5.69 Å². The molecule has 0 heterocycles. The fraction of sp³-hybridized carbons (Fsp3) is 0.222. The minimum Gasteiger partial charge on any atom is -0.495 e. The molecule has 0 aromatic heterocycles. The van der Waals surface area contributed by atoms with E-state index in [-0.39, 0.29) is 27.3 Å². The van der Waals surface area contributed by atoms with Gasteiger partial charge in [-0.2, -0.15) is 0 Å². The number of rotatable bonds is 3. The highest BCUT2D eigenvalue weighted by Crippen LogP contribution is 2.33. The molecule has 0 spiro atoms. The third-order valence-electron chi connectivity index (χ3n) is 1.87. The van der Waals surface area contributed by atoms with Gasteiger partial charge in [0.2, 0.25) is 15.9 Å². The van der Waals surface area contributed by atoms with Gasteiger partial charge in [-0.25, -0.2) is 13.6 Å². The molecule has 6 nitrogen and oxygen atoms in total. The molecule has 8 heteroatoms. The number of benzene rings is 1. The van der Waals surface area contributed by atoms with Crippen molar-refractivity contribution in [1.29, 1.82) is 0 Å². The number of primary sulfonamides is 1. The van der Waals surface area contributed by atoms with Crippen LogP contribution >= 0.6 is 11.6 Å². The SMILES string of the molecule is COc1cc(NC(C)=O)c(Cl)cc1S(N)(=O)=O. The van der Waals surface area contributed by atoms with Crippen LogP contribution in [0, 0.1) is 0 Å². The van der Waals surface area contributed by atoms with E-state index in [2.05, 4.69) is 5.32 Å². The number of anilines is 1. The number of sulfonamides is 1. The molecule has 1 rings (SSSR count). The first-order valence-corrected chi connectivity index (χ1v) is 6.36. The Bertz CT molecular complexity index is 556. The van der Waals surface area contributed by atoms with E-state index in [9.17, 15) is 13.2 Å². The molecule has 3 N–H and O–H groups in total. The second-order valence-electron chi connectivity index (χ2n) is 3.21. The highest BCUT2D eigenvalue weighted by Gasteiger charge is 2.18. The Labute approximate surface area is 104 Å². The number of hydrogen-bond acceptors (Lipinski definition) is 4. The van der Waals surface area contributed by atoms with Crippen molar-refractivity contribution in [3.05, 3.63) is 17.2 Å². The Morgan fingerprint density at radius 1 is 1.47 bits per heavy atom. The third kappa shape index (κ3) is 3.32. The molecule has 1 aromatic rings. The minimum atomic E-state index is -3.94. The van der Waals surface area contributed by atoms with Gasteiger partial charge in [0.05, 0.1) is 17.8 Å². The fourth-order valence-electron chi connectivity index (χ4n) is 1.20. The highest BCUT2D eigenvalue weighted by molar-refractivity contribution is 7.89. The second-order valence-corrected chi connectivity index (χ2v) is 5.15.